The van der Waals surface area contributed by atoms with Crippen molar-refractivity contribution in [2.75, 3.05) is 13.2 Å². The summed E-state index contributed by atoms with van der Waals surface area (Å²) in [4.78, 5) is 11.0. The molecule has 0 aliphatic carbocycles. The van der Waals surface area contributed by atoms with Crippen LogP contribution in [0.25, 0.3) is 0 Å². The van der Waals surface area contributed by atoms with Gasteiger partial charge in [-0.2, -0.15) is 0 Å². The molecule has 80 valence electrons. The third kappa shape index (κ3) is 11.2. The Bertz CT molecular complexity index is 168. The molecule has 0 aromatic carbocycles. The van der Waals surface area contributed by atoms with Crippen molar-refractivity contribution in [2.24, 2.45) is 11.8 Å². The minimum absolute atomic E-state index is 0. The van der Waals surface area contributed by atoms with Gasteiger partial charge in [0.05, 0.1) is 13.2 Å². The smallest absolute Gasteiger partial charge is 0.756 e. The van der Waals surface area contributed by atoms with Crippen molar-refractivity contribution in [3.63, 3.8) is 0 Å². The molecule has 0 amide bonds. The maximum absolute atomic E-state index is 11.0. The topological polar surface area (TPSA) is 58.6 Å². The van der Waals surface area contributed by atoms with Gasteiger partial charge in [-0.25, -0.2) is 0 Å². The maximum atomic E-state index is 11.0. The van der Waals surface area contributed by atoms with E-state index < -0.39 is 7.82 Å². The number of hydrogen-bond donors (Lipinski definition) is 0. The van der Waals surface area contributed by atoms with Crippen LogP contribution in [0, 0.1) is 11.8 Å². The van der Waals surface area contributed by atoms with Crippen LogP contribution < -0.4 is 34.5 Å². The van der Waals surface area contributed by atoms with Gasteiger partial charge in [0.15, 0.2) is 0 Å². The SMILES string of the molecule is CC(C)COP(=O)([O-])OCC(C)C.[Na+]. The Kier molecular flexibility index (Phi) is 10.4. The van der Waals surface area contributed by atoms with E-state index in [1.807, 2.05) is 27.7 Å². The standard InChI is InChI=1S/C8H19O4P.Na/c1-7(2)5-11-13(9,10)12-6-8(3)4;/h7-8H,5-6H2,1-4H3,(H,9,10);/q;+1/p-1. The summed E-state index contributed by atoms with van der Waals surface area (Å²) in [5.74, 6) is 0.370. The molecule has 0 fully saturated rings. The molecular weight excluding hydrogens is 214 g/mol. The Balaban J connectivity index is 0. The second-order valence-corrected chi connectivity index (χ2v) is 5.24. The number of hydrogen-bond acceptors (Lipinski definition) is 4. The molecule has 14 heavy (non-hydrogen) atoms. The average Bonchev–Trinajstić information content (AvgIpc) is 1.98. The molecule has 0 aliphatic rings. The first kappa shape index (κ1) is 17.5. The van der Waals surface area contributed by atoms with Crippen LogP contribution in [0.4, 0.5) is 0 Å². The second-order valence-electron chi connectivity index (χ2n) is 3.83. The molecule has 4 nitrogen and oxygen atoms in total. The first-order chi connectivity index (χ1) is 5.83. The molecule has 0 unspecified atom stereocenters. The quantitative estimate of drug-likeness (QED) is 0.426. The van der Waals surface area contributed by atoms with E-state index in [2.05, 4.69) is 9.05 Å². The van der Waals surface area contributed by atoms with Gasteiger partial charge in [0.1, 0.15) is 0 Å². The Morgan fingerprint density at radius 1 is 1.07 bits per heavy atom. The van der Waals surface area contributed by atoms with E-state index >= 15 is 0 Å². The van der Waals surface area contributed by atoms with E-state index in [4.69, 9.17) is 0 Å². The molecule has 0 aliphatic heterocycles. The van der Waals surface area contributed by atoms with Crippen molar-refractivity contribution in [3.05, 3.63) is 0 Å². The van der Waals surface area contributed by atoms with E-state index in [1.165, 1.54) is 0 Å². The minimum atomic E-state index is -4.05. The monoisotopic (exact) mass is 232 g/mol. The summed E-state index contributed by atoms with van der Waals surface area (Å²) in [6.45, 7) is 7.87. The average molecular weight is 232 g/mol. The molecule has 0 aromatic rings. The third-order valence-corrected chi connectivity index (χ3v) is 2.06. The Morgan fingerprint density at radius 2 is 1.36 bits per heavy atom. The van der Waals surface area contributed by atoms with Crippen LogP contribution in [0.5, 0.6) is 0 Å². The minimum Gasteiger partial charge on any atom is -0.756 e. The molecule has 0 atom stereocenters. The van der Waals surface area contributed by atoms with Gasteiger partial charge in [-0.1, -0.05) is 27.7 Å². The first-order valence-corrected chi connectivity index (χ1v) is 5.89. The van der Waals surface area contributed by atoms with Gasteiger partial charge in [-0.3, -0.25) is 4.57 Å². The Labute approximate surface area is 108 Å². The van der Waals surface area contributed by atoms with Crippen molar-refractivity contribution in [3.8, 4) is 0 Å². The zero-order valence-electron chi connectivity index (χ0n) is 9.65. The summed E-state index contributed by atoms with van der Waals surface area (Å²) >= 11 is 0. The number of phosphoric ester groups is 1. The molecule has 0 radical (unpaired) electrons. The van der Waals surface area contributed by atoms with Gasteiger partial charge in [-0.05, 0) is 11.8 Å². The fourth-order valence-electron chi connectivity index (χ4n) is 0.518. The molecule has 0 bridgehead atoms. The fourth-order valence-corrected chi connectivity index (χ4v) is 1.55. The van der Waals surface area contributed by atoms with Crippen molar-refractivity contribution in [1.29, 1.82) is 0 Å². The van der Waals surface area contributed by atoms with E-state index in [0.29, 0.717) is 0 Å². The van der Waals surface area contributed by atoms with Crippen LogP contribution >= 0.6 is 7.82 Å². The van der Waals surface area contributed by atoms with Crippen LogP contribution in [0.1, 0.15) is 27.7 Å². The molecule has 0 rings (SSSR count). The van der Waals surface area contributed by atoms with Gasteiger partial charge in [-0.15, -0.1) is 0 Å². The predicted octanol–water partition coefficient (Wildman–Crippen LogP) is -1.20. The fraction of sp³-hybridized carbons (Fsp3) is 1.00. The van der Waals surface area contributed by atoms with Crippen molar-refractivity contribution >= 4 is 7.82 Å². The summed E-state index contributed by atoms with van der Waals surface area (Å²) in [6.07, 6.45) is 0. The van der Waals surface area contributed by atoms with Gasteiger partial charge in [0.2, 0.25) is 0 Å². The normalized spacial score (nSPS) is 11.9. The van der Waals surface area contributed by atoms with Crippen LogP contribution in [0.2, 0.25) is 0 Å². The first-order valence-electron chi connectivity index (χ1n) is 4.43. The van der Waals surface area contributed by atoms with Crippen molar-refractivity contribution in [1.82, 2.24) is 0 Å². The third-order valence-electron chi connectivity index (χ3n) is 1.13. The van der Waals surface area contributed by atoms with Crippen molar-refractivity contribution < 1.29 is 48.1 Å². The van der Waals surface area contributed by atoms with Crippen LogP contribution in [-0.2, 0) is 13.6 Å². The van der Waals surface area contributed by atoms with E-state index in [0.717, 1.165) is 0 Å². The molecule has 0 saturated heterocycles. The predicted molar refractivity (Wildman–Crippen MR) is 49.2 cm³/mol. The number of rotatable bonds is 6. The number of phosphoric acid groups is 1. The molecule has 0 heterocycles. The summed E-state index contributed by atoms with van der Waals surface area (Å²) in [6, 6.07) is 0. The second kappa shape index (κ2) is 8.28. The van der Waals surface area contributed by atoms with E-state index in [1.54, 1.807) is 0 Å². The molecular formula is C8H18NaO4P. The van der Waals surface area contributed by atoms with Crippen LogP contribution in [0.15, 0.2) is 0 Å². The zero-order valence-corrected chi connectivity index (χ0v) is 12.5. The van der Waals surface area contributed by atoms with E-state index in [-0.39, 0.29) is 54.6 Å². The summed E-state index contributed by atoms with van der Waals surface area (Å²) in [5, 5.41) is 0. The van der Waals surface area contributed by atoms with E-state index in [9.17, 15) is 9.46 Å². The molecule has 0 spiro atoms. The van der Waals surface area contributed by atoms with Gasteiger partial charge < -0.3 is 13.9 Å². The Morgan fingerprint density at radius 3 is 1.57 bits per heavy atom. The molecule has 0 saturated carbocycles. The van der Waals surface area contributed by atoms with Crippen LogP contribution in [0.3, 0.4) is 0 Å². The molecule has 0 aromatic heterocycles. The summed E-state index contributed by atoms with van der Waals surface area (Å²) < 4.78 is 20.3. The molecule has 0 N–H and O–H groups in total. The van der Waals surface area contributed by atoms with Gasteiger partial charge in [0.25, 0.3) is 7.82 Å². The van der Waals surface area contributed by atoms with Crippen molar-refractivity contribution in [2.45, 2.75) is 27.7 Å². The molecule has 6 heteroatoms. The largest absolute Gasteiger partial charge is 1.00 e. The maximum Gasteiger partial charge on any atom is 1.00 e. The van der Waals surface area contributed by atoms with Crippen LogP contribution in [-0.4, -0.2) is 13.2 Å². The van der Waals surface area contributed by atoms with Gasteiger partial charge in [0, 0.05) is 0 Å². The summed E-state index contributed by atoms with van der Waals surface area (Å²) in [5.41, 5.74) is 0. The zero-order chi connectivity index (χ0) is 10.5. The summed E-state index contributed by atoms with van der Waals surface area (Å²) in [7, 11) is -4.05. The Hall–Kier alpha value is 1.11. The van der Waals surface area contributed by atoms with Gasteiger partial charge >= 0.3 is 29.6 Å².